The third kappa shape index (κ3) is 2.45. The van der Waals surface area contributed by atoms with Gasteiger partial charge in [-0.05, 0) is 18.5 Å². The topological polar surface area (TPSA) is 24.9 Å². The number of hydrogen-bond acceptors (Lipinski definition) is 4. The molecule has 80 valence electrons. The number of aromatic nitrogens is 1. The van der Waals surface area contributed by atoms with E-state index in [1.807, 2.05) is 7.05 Å². The molecule has 2 nitrogen and oxygen atoms in total. The van der Waals surface area contributed by atoms with Gasteiger partial charge in [-0.3, -0.25) is 0 Å². The Kier molecular flexibility index (Phi) is 3.51. The van der Waals surface area contributed by atoms with Gasteiger partial charge in [0.2, 0.25) is 0 Å². The van der Waals surface area contributed by atoms with Gasteiger partial charge in [0, 0.05) is 17.8 Å². The standard InChI is InChI=1S/C11H14N2S2/c1-8(6-12-2)11-13-9(7-15-11)10-4-3-5-14-10/h3-5,7-8,12H,6H2,1-2H3. The minimum absolute atomic E-state index is 0.494. The first-order valence-corrected chi connectivity index (χ1v) is 6.71. The fourth-order valence-electron chi connectivity index (χ4n) is 1.44. The molecule has 1 unspecified atom stereocenters. The second kappa shape index (κ2) is 4.88. The largest absolute Gasteiger partial charge is 0.319 e. The summed E-state index contributed by atoms with van der Waals surface area (Å²) in [4.78, 5) is 5.92. The van der Waals surface area contributed by atoms with Crippen LogP contribution in [0.4, 0.5) is 0 Å². The van der Waals surface area contributed by atoms with E-state index in [2.05, 4.69) is 40.1 Å². The van der Waals surface area contributed by atoms with E-state index in [-0.39, 0.29) is 0 Å². The van der Waals surface area contributed by atoms with Gasteiger partial charge in [-0.15, -0.1) is 22.7 Å². The second-order valence-corrected chi connectivity index (χ2v) is 5.34. The molecule has 2 aromatic rings. The lowest BCUT2D eigenvalue weighted by Crippen LogP contribution is -2.14. The second-order valence-electron chi connectivity index (χ2n) is 3.51. The minimum atomic E-state index is 0.494. The van der Waals surface area contributed by atoms with Crippen molar-refractivity contribution in [2.75, 3.05) is 13.6 Å². The van der Waals surface area contributed by atoms with Crippen molar-refractivity contribution < 1.29 is 0 Å². The van der Waals surface area contributed by atoms with Crippen molar-refractivity contribution in [3.63, 3.8) is 0 Å². The molecule has 0 aromatic carbocycles. The smallest absolute Gasteiger partial charge is 0.0973 e. The van der Waals surface area contributed by atoms with E-state index in [1.54, 1.807) is 22.7 Å². The van der Waals surface area contributed by atoms with Gasteiger partial charge in [-0.25, -0.2) is 4.98 Å². The Morgan fingerprint density at radius 1 is 1.47 bits per heavy atom. The van der Waals surface area contributed by atoms with Crippen molar-refractivity contribution in [3.8, 4) is 10.6 Å². The highest BCUT2D eigenvalue weighted by molar-refractivity contribution is 7.14. The van der Waals surface area contributed by atoms with Crippen LogP contribution in [0.15, 0.2) is 22.9 Å². The first kappa shape index (κ1) is 10.8. The molecule has 0 radical (unpaired) electrons. The monoisotopic (exact) mass is 238 g/mol. The van der Waals surface area contributed by atoms with Gasteiger partial charge in [-0.1, -0.05) is 13.0 Å². The fourth-order valence-corrected chi connectivity index (χ4v) is 3.08. The van der Waals surface area contributed by atoms with Gasteiger partial charge >= 0.3 is 0 Å². The quantitative estimate of drug-likeness (QED) is 0.885. The van der Waals surface area contributed by atoms with Gasteiger partial charge in [0.15, 0.2) is 0 Å². The van der Waals surface area contributed by atoms with E-state index in [0.29, 0.717) is 5.92 Å². The van der Waals surface area contributed by atoms with Gasteiger partial charge < -0.3 is 5.32 Å². The van der Waals surface area contributed by atoms with Crippen LogP contribution in [-0.4, -0.2) is 18.6 Å². The Balaban J connectivity index is 2.17. The lowest BCUT2D eigenvalue weighted by atomic mass is 10.2. The van der Waals surface area contributed by atoms with Crippen LogP contribution >= 0.6 is 22.7 Å². The maximum absolute atomic E-state index is 4.66. The van der Waals surface area contributed by atoms with Crippen LogP contribution in [0.25, 0.3) is 10.6 Å². The predicted octanol–water partition coefficient (Wildman–Crippen LogP) is 3.19. The molecule has 1 atom stereocenters. The molecule has 0 saturated heterocycles. The number of thiophene rings is 1. The third-order valence-electron chi connectivity index (χ3n) is 2.23. The summed E-state index contributed by atoms with van der Waals surface area (Å²) in [5.41, 5.74) is 1.12. The van der Waals surface area contributed by atoms with Crippen molar-refractivity contribution >= 4 is 22.7 Å². The minimum Gasteiger partial charge on any atom is -0.319 e. The Hall–Kier alpha value is -0.710. The lowest BCUT2D eigenvalue weighted by molar-refractivity contribution is 0.674. The summed E-state index contributed by atoms with van der Waals surface area (Å²) in [6.07, 6.45) is 0. The Labute approximate surface area is 98.0 Å². The molecule has 1 N–H and O–H groups in total. The van der Waals surface area contributed by atoms with Crippen molar-refractivity contribution in [1.82, 2.24) is 10.3 Å². The maximum Gasteiger partial charge on any atom is 0.0973 e. The first-order valence-electron chi connectivity index (χ1n) is 4.95. The van der Waals surface area contributed by atoms with Gasteiger partial charge in [0.1, 0.15) is 0 Å². The highest BCUT2D eigenvalue weighted by Gasteiger charge is 2.10. The van der Waals surface area contributed by atoms with Crippen molar-refractivity contribution in [2.24, 2.45) is 0 Å². The van der Waals surface area contributed by atoms with Crippen molar-refractivity contribution in [2.45, 2.75) is 12.8 Å². The highest BCUT2D eigenvalue weighted by Crippen LogP contribution is 2.28. The van der Waals surface area contributed by atoms with Crippen molar-refractivity contribution in [1.29, 1.82) is 0 Å². The summed E-state index contributed by atoms with van der Waals surface area (Å²) in [6, 6.07) is 4.18. The van der Waals surface area contributed by atoms with E-state index in [1.165, 1.54) is 9.88 Å². The maximum atomic E-state index is 4.66. The van der Waals surface area contributed by atoms with E-state index < -0.39 is 0 Å². The average molecular weight is 238 g/mol. The van der Waals surface area contributed by atoms with Gasteiger partial charge in [0.05, 0.1) is 15.6 Å². The zero-order chi connectivity index (χ0) is 10.7. The summed E-state index contributed by atoms with van der Waals surface area (Å²) in [7, 11) is 1.98. The zero-order valence-corrected chi connectivity index (χ0v) is 10.5. The number of rotatable bonds is 4. The number of hydrogen-bond donors (Lipinski definition) is 1. The highest BCUT2D eigenvalue weighted by atomic mass is 32.1. The van der Waals surface area contributed by atoms with Gasteiger partial charge in [0.25, 0.3) is 0 Å². The molecule has 2 rings (SSSR count). The molecule has 0 fully saturated rings. The molecule has 2 heterocycles. The molecule has 0 aliphatic heterocycles. The Bertz CT molecular complexity index is 406. The van der Waals surface area contributed by atoms with Crippen LogP contribution in [0.1, 0.15) is 17.8 Å². The van der Waals surface area contributed by atoms with Crippen LogP contribution < -0.4 is 5.32 Å². The van der Waals surface area contributed by atoms with Crippen LogP contribution in [-0.2, 0) is 0 Å². The first-order chi connectivity index (χ1) is 7.31. The van der Waals surface area contributed by atoms with Crippen LogP contribution in [0.2, 0.25) is 0 Å². The fraction of sp³-hybridized carbons (Fsp3) is 0.364. The van der Waals surface area contributed by atoms with Crippen LogP contribution in [0.3, 0.4) is 0 Å². The van der Waals surface area contributed by atoms with E-state index in [9.17, 15) is 0 Å². The van der Waals surface area contributed by atoms with Crippen LogP contribution in [0.5, 0.6) is 0 Å². The molecular formula is C11H14N2S2. The van der Waals surface area contributed by atoms with Crippen molar-refractivity contribution in [3.05, 3.63) is 27.9 Å². The number of likely N-dealkylation sites (N-methyl/N-ethyl adjacent to an activating group) is 1. The van der Waals surface area contributed by atoms with E-state index >= 15 is 0 Å². The number of thiazole rings is 1. The summed E-state index contributed by atoms with van der Waals surface area (Å²) < 4.78 is 0. The molecule has 0 saturated carbocycles. The summed E-state index contributed by atoms with van der Waals surface area (Å²) in [6.45, 7) is 3.19. The molecule has 15 heavy (non-hydrogen) atoms. The summed E-state index contributed by atoms with van der Waals surface area (Å²) >= 11 is 3.49. The zero-order valence-electron chi connectivity index (χ0n) is 8.86. The summed E-state index contributed by atoms with van der Waals surface area (Å²) in [5, 5.41) is 8.63. The molecule has 4 heteroatoms. The molecule has 0 aliphatic carbocycles. The molecular weight excluding hydrogens is 224 g/mol. The van der Waals surface area contributed by atoms with Crippen LogP contribution in [0, 0.1) is 0 Å². The Morgan fingerprint density at radius 2 is 2.33 bits per heavy atom. The SMILES string of the molecule is CNCC(C)c1nc(-c2cccs2)cs1. The molecule has 2 aromatic heterocycles. The Morgan fingerprint density at radius 3 is 3.00 bits per heavy atom. The third-order valence-corrected chi connectivity index (χ3v) is 4.20. The van der Waals surface area contributed by atoms with E-state index in [4.69, 9.17) is 0 Å². The molecule has 0 spiro atoms. The predicted molar refractivity (Wildman–Crippen MR) is 67.8 cm³/mol. The molecule has 0 aliphatic rings. The number of nitrogens with zero attached hydrogens (tertiary/aromatic N) is 1. The number of nitrogens with one attached hydrogen (secondary N) is 1. The average Bonchev–Trinajstić information content (AvgIpc) is 2.89. The van der Waals surface area contributed by atoms with Gasteiger partial charge in [-0.2, -0.15) is 0 Å². The molecule has 0 bridgehead atoms. The normalized spacial score (nSPS) is 12.9. The van der Waals surface area contributed by atoms with E-state index in [0.717, 1.165) is 12.2 Å². The molecule has 0 amide bonds. The summed E-state index contributed by atoms with van der Waals surface area (Å²) in [5.74, 6) is 0.494. The lowest BCUT2D eigenvalue weighted by Gasteiger charge is -2.05.